The zero-order valence-electron chi connectivity index (χ0n) is 21.1. The summed E-state index contributed by atoms with van der Waals surface area (Å²) in [6, 6.07) is 8.31. The Kier molecular flexibility index (Phi) is 7.11. The Morgan fingerprint density at radius 1 is 1.05 bits per heavy atom. The summed E-state index contributed by atoms with van der Waals surface area (Å²) in [5, 5.41) is 11.2. The van der Waals surface area contributed by atoms with Gasteiger partial charge in [-0.15, -0.1) is 10.2 Å². The molecule has 3 aliphatic heterocycles. The Hall–Kier alpha value is -3.15. The van der Waals surface area contributed by atoms with Crippen molar-refractivity contribution in [3.8, 4) is 5.75 Å². The van der Waals surface area contributed by atoms with Crippen LogP contribution in [-0.2, 0) is 17.4 Å². The SMILES string of the molecule is C[C@@H](COc1ccc(C2CCN(C3=Nn4c(nnc4C(F)(F)F)CC3)CC2)cc1)N1CCN(C)C(=O)C1. The van der Waals surface area contributed by atoms with Gasteiger partial charge in [-0.1, -0.05) is 12.1 Å². The van der Waals surface area contributed by atoms with Crippen LogP contribution >= 0.6 is 0 Å². The summed E-state index contributed by atoms with van der Waals surface area (Å²) >= 11 is 0. The average Bonchev–Trinajstić information content (AvgIpc) is 3.33. The van der Waals surface area contributed by atoms with Gasteiger partial charge in [-0.25, -0.2) is 0 Å². The first-order valence-corrected chi connectivity index (χ1v) is 12.7. The number of amides is 1. The lowest BCUT2D eigenvalue weighted by Gasteiger charge is -2.35. The van der Waals surface area contributed by atoms with E-state index >= 15 is 0 Å². The van der Waals surface area contributed by atoms with Crippen molar-refractivity contribution in [3.05, 3.63) is 41.5 Å². The quantitative estimate of drug-likeness (QED) is 0.605. The third kappa shape index (κ3) is 5.58. The van der Waals surface area contributed by atoms with Crippen LogP contribution in [0.15, 0.2) is 29.4 Å². The molecule has 37 heavy (non-hydrogen) atoms. The minimum Gasteiger partial charge on any atom is -0.492 e. The van der Waals surface area contributed by atoms with Crippen molar-refractivity contribution < 1.29 is 22.7 Å². The van der Waals surface area contributed by atoms with E-state index in [-0.39, 0.29) is 17.8 Å². The van der Waals surface area contributed by atoms with Crippen LogP contribution in [0.5, 0.6) is 5.75 Å². The summed E-state index contributed by atoms with van der Waals surface area (Å²) in [5.74, 6) is 1.16. The summed E-state index contributed by atoms with van der Waals surface area (Å²) < 4.78 is 46.5. The molecule has 0 bridgehead atoms. The van der Waals surface area contributed by atoms with E-state index in [1.54, 1.807) is 4.90 Å². The van der Waals surface area contributed by atoms with Crippen molar-refractivity contribution in [1.29, 1.82) is 0 Å². The Morgan fingerprint density at radius 2 is 1.78 bits per heavy atom. The first kappa shape index (κ1) is 25.5. The fourth-order valence-corrected chi connectivity index (χ4v) is 5.14. The molecule has 2 saturated heterocycles. The van der Waals surface area contributed by atoms with Crippen molar-refractivity contribution in [3.63, 3.8) is 0 Å². The van der Waals surface area contributed by atoms with E-state index in [1.165, 1.54) is 5.56 Å². The van der Waals surface area contributed by atoms with Gasteiger partial charge in [0.15, 0.2) is 5.82 Å². The molecule has 1 aromatic heterocycles. The molecule has 0 aliphatic carbocycles. The number of aromatic nitrogens is 3. The minimum absolute atomic E-state index is 0.138. The molecule has 3 aliphatic rings. The van der Waals surface area contributed by atoms with Crippen molar-refractivity contribution in [2.45, 2.75) is 50.7 Å². The highest BCUT2D eigenvalue weighted by Gasteiger charge is 2.40. The van der Waals surface area contributed by atoms with Crippen LogP contribution in [0.25, 0.3) is 0 Å². The second kappa shape index (κ2) is 10.3. The number of fused-ring (bicyclic) bond motifs is 1. The number of aryl methyl sites for hydroxylation is 1. The zero-order chi connectivity index (χ0) is 26.2. The highest BCUT2D eigenvalue weighted by atomic mass is 19.4. The summed E-state index contributed by atoms with van der Waals surface area (Å²) in [4.78, 5) is 17.9. The monoisotopic (exact) mass is 519 g/mol. The molecule has 9 nitrogen and oxygen atoms in total. The van der Waals surface area contributed by atoms with Gasteiger partial charge in [0, 0.05) is 52.1 Å². The molecule has 0 N–H and O–H groups in total. The second-order valence-corrected chi connectivity index (χ2v) is 10.0. The maximum absolute atomic E-state index is 13.2. The normalized spacial score (nSPS) is 20.6. The number of amidine groups is 1. The van der Waals surface area contributed by atoms with Crippen molar-refractivity contribution in [2.75, 3.05) is 46.4 Å². The van der Waals surface area contributed by atoms with Gasteiger partial charge in [-0.2, -0.15) is 22.9 Å². The van der Waals surface area contributed by atoms with Crippen LogP contribution in [0.4, 0.5) is 13.2 Å². The summed E-state index contributed by atoms with van der Waals surface area (Å²) in [5.41, 5.74) is 1.23. The molecule has 5 rings (SSSR count). The molecule has 1 atom stereocenters. The molecule has 0 radical (unpaired) electrons. The Bertz CT molecular complexity index is 1140. The molecule has 1 amide bonds. The summed E-state index contributed by atoms with van der Waals surface area (Å²) in [6.45, 7) is 6.08. The van der Waals surface area contributed by atoms with Gasteiger partial charge >= 0.3 is 6.18 Å². The topological polar surface area (TPSA) is 79.1 Å². The number of ether oxygens (including phenoxy) is 1. The van der Waals surface area contributed by atoms with E-state index in [2.05, 4.69) is 44.2 Å². The molecule has 2 aromatic rings. The van der Waals surface area contributed by atoms with E-state index < -0.39 is 12.0 Å². The van der Waals surface area contributed by atoms with Crippen molar-refractivity contribution in [2.24, 2.45) is 5.10 Å². The number of likely N-dealkylation sites (N-methyl/N-ethyl adjacent to an activating group) is 1. The number of halogens is 3. The number of benzene rings is 1. The van der Waals surface area contributed by atoms with E-state index in [0.717, 1.165) is 49.4 Å². The smallest absolute Gasteiger partial charge is 0.453 e. The first-order chi connectivity index (χ1) is 17.7. The fourth-order valence-electron chi connectivity index (χ4n) is 5.14. The standard InChI is InChI=1S/C25H32F3N7O2/c1-17(34-14-13-32(2)23(36)15-34)16-37-20-5-3-18(4-6-20)19-9-11-33(12-10-19)22-8-7-21-29-30-24(25(26,27)28)35(21)31-22/h3-6,17,19H,7-16H2,1-2H3/t17-/m0/s1. The lowest BCUT2D eigenvalue weighted by Crippen LogP contribution is -2.52. The molecule has 2 fully saturated rings. The van der Waals surface area contributed by atoms with E-state index in [0.29, 0.717) is 37.7 Å². The lowest BCUT2D eigenvalue weighted by molar-refractivity contribution is -0.147. The molecule has 0 spiro atoms. The Morgan fingerprint density at radius 3 is 2.46 bits per heavy atom. The Balaban J connectivity index is 1.13. The maximum atomic E-state index is 13.2. The van der Waals surface area contributed by atoms with Crippen LogP contribution in [0.2, 0.25) is 0 Å². The number of likely N-dealkylation sites (tertiary alicyclic amines) is 1. The molecule has 4 heterocycles. The summed E-state index contributed by atoms with van der Waals surface area (Å²) in [6.07, 6.45) is -1.83. The van der Waals surface area contributed by atoms with Crippen LogP contribution in [0.3, 0.4) is 0 Å². The fraction of sp³-hybridized carbons (Fsp3) is 0.600. The molecular weight excluding hydrogens is 487 g/mol. The molecule has 0 unspecified atom stereocenters. The third-order valence-corrected chi connectivity index (χ3v) is 7.56. The summed E-state index contributed by atoms with van der Waals surface area (Å²) in [7, 11) is 1.83. The molecule has 12 heteroatoms. The minimum atomic E-state index is -4.58. The van der Waals surface area contributed by atoms with Gasteiger partial charge in [-0.05, 0) is 43.4 Å². The van der Waals surface area contributed by atoms with Gasteiger partial charge in [0.05, 0.1) is 6.54 Å². The number of carbonyl (C=O) groups excluding carboxylic acids is 1. The van der Waals surface area contributed by atoms with E-state index in [1.807, 2.05) is 19.2 Å². The largest absolute Gasteiger partial charge is 0.492 e. The predicted octanol–water partition coefficient (Wildman–Crippen LogP) is 2.83. The Labute approximate surface area is 213 Å². The number of hydrogen-bond donors (Lipinski definition) is 0. The predicted molar refractivity (Wildman–Crippen MR) is 130 cm³/mol. The number of carbonyl (C=O) groups is 1. The number of rotatable bonds is 5. The third-order valence-electron chi connectivity index (χ3n) is 7.56. The zero-order valence-corrected chi connectivity index (χ0v) is 21.1. The van der Waals surface area contributed by atoms with Crippen molar-refractivity contribution >= 4 is 11.7 Å². The number of hydrogen-bond acceptors (Lipinski definition) is 7. The van der Waals surface area contributed by atoms with Gasteiger partial charge < -0.3 is 14.5 Å². The van der Waals surface area contributed by atoms with E-state index in [4.69, 9.17) is 4.74 Å². The number of piperazine rings is 1. The lowest BCUT2D eigenvalue weighted by atomic mass is 9.89. The van der Waals surface area contributed by atoms with Gasteiger partial charge in [0.25, 0.3) is 5.82 Å². The highest BCUT2D eigenvalue weighted by Crippen LogP contribution is 2.32. The van der Waals surface area contributed by atoms with E-state index in [9.17, 15) is 18.0 Å². The van der Waals surface area contributed by atoms with Crippen LogP contribution < -0.4 is 4.74 Å². The maximum Gasteiger partial charge on any atom is 0.453 e. The highest BCUT2D eigenvalue weighted by molar-refractivity contribution is 5.83. The number of alkyl halides is 3. The van der Waals surface area contributed by atoms with Gasteiger partial charge in [0.1, 0.15) is 18.2 Å². The van der Waals surface area contributed by atoms with Crippen LogP contribution in [0.1, 0.15) is 49.3 Å². The average molecular weight is 520 g/mol. The van der Waals surface area contributed by atoms with Crippen molar-refractivity contribution in [1.82, 2.24) is 29.6 Å². The van der Waals surface area contributed by atoms with Gasteiger partial charge in [-0.3, -0.25) is 9.69 Å². The first-order valence-electron chi connectivity index (χ1n) is 12.7. The molecule has 0 saturated carbocycles. The van der Waals surface area contributed by atoms with Crippen LogP contribution in [0, 0.1) is 0 Å². The van der Waals surface area contributed by atoms with Crippen LogP contribution in [-0.4, -0.2) is 93.7 Å². The van der Waals surface area contributed by atoms with Gasteiger partial charge in [0.2, 0.25) is 5.91 Å². The molecular formula is C25H32F3N7O2. The number of nitrogens with zero attached hydrogens (tertiary/aromatic N) is 7. The molecule has 200 valence electrons. The molecule has 1 aromatic carbocycles. The second-order valence-electron chi connectivity index (χ2n) is 10.0. The number of piperidine rings is 1.